The van der Waals surface area contributed by atoms with Crippen LogP contribution in [0.15, 0.2) is 32.9 Å². The third-order valence-electron chi connectivity index (χ3n) is 2.93. The first-order chi connectivity index (χ1) is 9.94. The van der Waals surface area contributed by atoms with Gasteiger partial charge in [-0.05, 0) is 33.8 Å². The van der Waals surface area contributed by atoms with Gasteiger partial charge in [0.1, 0.15) is 0 Å². The lowest BCUT2D eigenvalue weighted by Gasteiger charge is -2.33. The molecule has 0 spiro atoms. The quantitative estimate of drug-likeness (QED) is 0.432. The molecule has 0 aliphatic rings. The Morgan fingerprint density at radius 1 is 1.45 bits per heavy atom. The van der Waals surface area contributed by atoms with E-state index >= 15 is 0 Å². The minimum absolute atomic E-state index is 0.205. The average Bonchev–Trinajstić information content (AvgIpc) is 2.72. The minimum atomic E-state index is -1.30. The lowest BCUT2D eigenvalue weighted by atomic mass is 9.96. The number of nitrogens with one attached hydrogen (secondary N) is 3. The number of aromatic amines is 2. The number of rotatable bonds is 6. The number of aromatic nitrogens is 2. The topological polar surface area (TPSA) is 77.8 Å². The summed E-state index contributed by atoms with van der Waals surface area (Å²) in [5.41, 5.74) is -0.224. The molecular formula is C14H22BrN3O2S2. The number of hydrogen-bond donors (Lipinski definition) is 4. The van der Waals surface area contributed by atoms with E-state index < -0.39 is 21.3 Å². The van der Waals surface area contributed by atoms with Gasteiger partial charge in [-0.15, -0.1) is 12.6 Å². The molecule has 124 valence electrons. The van der Waals surface area contributed by atoms with Gasteiger partial charge in [-0.2, -0.15) is 0 Å². The Bertz CT molecular complexity index is 658. The molecule has 2 atom stereocenters. The molecule has 0 aromatic carbocycles. The van der Waals surface area contributed by atoms with E-state index in [2.05, 4.69) is 50.1 Å². The van der Waals surface area contributed by atoms with Crippen molar-refractivity contribution in [3.8, 4) is 0 Å². The van der Waals surface area contributed by atoms with Crippen molar-refractivity contribution in [3.63, 3.8) is 0 Å². The highest BCUT2D eigenvalue weighted by Crippen LogP contribution is 2.28. The first-order valence-electron chi connectivity index (χ1n) is 6.66. The SMILES string of the molecule is C=C(Br)/C=C(\S)[C@](C)(Cc1cc(=O)[nH][nH]1)NS(=O)C(C)(C)C. The van der Waals surface area contributed by atoms with Crippen molar-refractivity contribution in [2.24, 2.45) is 0 Å². The van der Waals surface area contributed by atoms with Crippen LogP contribution in [0.4, 0.5) is 0 Å². The van der Waals surface area contributed by atoms with Crippen molar-refractivity contribution in [2.45, 2.75) is 44.4 Å². The molecule has 3 N–H and O–H groups in total. The van der Waals surface area contributed by atoms with E-state index in [1.54, 1.807) is 6.08 Å². The van der Waals surface area contributed by atoms with Gasteiger partial charge in [0.25, 0.3) is 5.56 Å². The Balaban J connectivity index is 3.16. The zero-order valence-corrected chi connectivity index (χ0v) is 16.4. The largest absolute Gasteiger partial charge is 0.302 e. The van der Waals surface area contributed by atoms with Crippen LogP contribution in [0.5, 0.6) is 0 Å². The second-order valence-corrected chi connectivity index (χ2v) is 9.72. The van der Waals surface area contributed by atoms with Crippen molar-refractivity contribution in [2.75, 3.05) is 0 Å². The fourth-order valence-electron chi connectivity index (χ4n) is 1.69. The standard InChI is InChI=1S/C14H22BrN3O2S2/c1-9(15)6-11(21)14(5,18-22(20)13(2,3)4)8-10-7-12(19)17-16-10/h6-7,18,21H,1,8H2,2-5H3,(H2,16,17,19)/b11-6-/t14-,22?/m0/s1. The van der Waals surface area contributed by atoms with Crippen LogP contribution in [0.25, 0.3) is 0 Å². The Hall–Kier alpha value is -0.570. The summed E-state index contributed by atoms with van der Waals surface area (Å²) in [6.07, 6.45) is 2.17. The second-order valence-electron chi connectivity index (χ2n) is 6.25. The number of H-pyrrole nitrogens is 2. The maximum atomic E-state index is 12.5. The molecule has 0 aliphatic carbocycles. The molecule has 8 heteroatoms. The zero-order chi connectivity index (χ0) is 17.1. The summed E-state index contributed by atoms with van der Waals surface area (Å²) in [6, 6.07) is 1.48. The Morgan fingerprint density at radius 3 is 2.45 bits per heavy atom. The van der Waals surface area contributed by atoms with E-state index in [-0.39, 0.29) is 5.56 Å². The number of allylic oxidation sites excluding steroid dienone is 2. The average molecular weight is 408 g/mol. The third-order valence-corrected chi connectivity index (χ3v) is 5.53. The Morgan fingerprint density at radius 2 is 2.05 bits per heavy atom. The monoisotopic (exact) mass is 407 g/mol. The first-order valence-corrected chi connectivity index (χ1v) is 9.05. The van der Waals surface area contributed by atoms with E-state index in [4.69, 9.17) is 0 Å². The summed E-state index contributed by atoms with van der Waals surface area (Å²) in [5.74, 6) is 0. The number of hydrogen-bond acceptors (Lipinski definition) is 3. The summed E-state index contributed by atoms with van der Waals surface area (Å²) in [5, 5.41) is 5.31. The lowest BCUT2D eigenvalue weighted by Crippen LogP contribution is -2.50. The van der Waals surface area contributed by atoms with Crippen LogP contribution in [-0.4, -0.2) is 24.7 Å². The zero-order valence-electron chi connectivity index (χ0n) is 13.1. The van der Waals surface area contributed by atoms with Crippen molar-refractivity contribution < 1.29 is 4.21 Å². The number of halogens is 1. The highest BCUT2D eigenvalue weighted by Gasteiger charge is 2.33. The predicted molar refractivity (Wildman–Crippen MR) is 99.7 cm³/mol. The van der Waals surface area contributed by atoms with Gasteiger partial charge >= 0.3 is 0 Å². The van der Waals surface area contributed by atoms with Crippen molar-refractivity contribution in [3.05, 3.63) is 44.2 Å². The van der Waals surface area contributed by atoms with Crippen LogP contribution >= 0.6 is 28.6 Å². The smallest absolute Gasteiger partial charge is 0.264 e. The first kappa shape index (κ1) is 19.5. The van der Waals surface area contributed by atoms with Gasteiger partial charge in [-0.1, -0.05) is 22.5 Å². The Labute approximate surface area is 147 Å². The van der Waals surface area contributed by atoms with Gasteiger partial charge in [0.15, 0.2) is 0 Å². The molecule has 0 saturated heterocycles. The fraction of sp³-hybridized carbons (Fsp3) is 0.500. The molecule has 1 heterocycles. The maximum absolute atomic E-state index is 12.5. The van der Waals surface area contributed by atoms with Crippen LogP contribution in [0, 0.1) is 0 Å². The van der Waals surface area contributed by atoms with Gasteiger partial charge in [0, 0.05) is 27.6 Å². The second kappa shape index (κ2) is 7.33. The van der Waals surface area contributed by atoms with E-state index in [0.29, 0.717) is 21.5 Å². The number of thiol groups is 1. The third kappa shape index (κ3) is 5.57. The Kier molecular flexibility index (Phi) is 6.49. The summed E-state index contributed by atoms with van der Waals surface area (Å²) >= 11 is 7.80. The van der Waals surface area contributed by atoms with Crippen LogP contribution in [0.2, 0.25) is 0 Å². The minimum Gasteiger partial charge on any atom is -0.302 e. The molecule has 1 rings (SSSR count). The van der Waals surface area contributed by atoms with Gasteiger partial charge in [-0.25, -0.2) is 8.93 Å². The molecule has 0 radical (unpaired) electrons. The molecule has 22 heavy (non-hydrogen) atoms. The molecule has 5 nitrogen and oxygen atoms in total. The van der Waals surface area contributed by atoms with Crippen molar-refractivity contribution in [1.29, 1.82) is 0 Å². The normalized spacial score (nSPS) is 17.1. The molecule has 1 aromatic rings. The molecule has 0 bridgehead atoms. The maximum Gasteiger partial charge on any atom is 0.264 e. The highest BCUT2D eigenvalue weighted by atomic mass is 79.9. The molecule has 0 aliphatic heterocycles. The van der Waals surface area contributed by atoms with E-state index in [9.17, 15) is 9.00 Å². The van der Waals surface area contributed by atoms with Gasteiger partial charge in [-0.3, -0.25) is 9.89 Å². The summed E-state index contributed by atoms with van der Waals surface area (Å²) in [7, 11) is -1.30. The molecule has 1 unspecified atom stereocenters. The van der Waals surface area contributed by atoms with Gasteiger partial charge < -0.3 is 5.10 Å². The van der Waals surface area contributed by atoms with Crippen LogP contribution in [0.3, 0.4) is 0 Å². The summed E-state index contributed by atoms with van der Waals surface area (Å²) in [6.45, 7) is 11.3. The highest BCUT2D eigenvalue weighted by molar-refractivity contribution is 9.11. The molecule has 0 saturated carbocycles. The molecule has 0 amide bonds. The van der Waals surface area contributed by atoms with Gasteiger partial charge in [0.05, 0.1) is 21.3 Å². The predicted octanol–water partition coefficient (Wildman–Crippen LogP) is 2.78. The van der Waals surface area contributed by atoms with Crippen LogP contribution < -0.4 is 10.3 Å². The van der Waals surface area contributed by atoms with Crippen molar-refractivity contribution in [1.82, 2.24) is 14.9 Å². The van der Waals surface area contributed by atoms with Crippen LogP contribution in [0.1, 0.15) is 33.4 Å². The fourth-order valence-corrected chi connectivity index (χ4v) is 3.36. The van der Waals surface area contributed by atoms with E-state index in [0.717, 1.165) is 0 Å². The molecule has 0 fully saturated rings. The lowest BCUT2D eigenvalue weighted by molar-refractivity contribution is 0.501. The summed E-state index contributed by atoms with van der Waals surface area (Å²) in [4.78, 5) is 11.9. The molecular weight excluding hydrogens is 386 g/mol. The summed E-state index contributed by atoms with van der Waals surface area (Å²) < 4.78 is 15.9. The van der Waals surface area contributed by atoms with Gasteiger partial charge in [0.2, 0.25) is 0 Å². The van der Waals surface area contributed by atoms with E-state index in [1.807, 2.05) is 27.7 Å². The van der Waals surface area contributed by atoms with Crippen LogP contribution in [-0.2, 0) is 17.4 Å². The van der Waals surface area contributed by atoms with Crippen molar-refractivity contribution >= 4 is 39.5 Å². The molecule has 1 aromatic heterocycles. The van der Waals surface area contributed by atoms with E-state index in [1.165, 1.54) is 6.07 Å².